The molecule has 1 aliphatic rings. The van der Waals surface area contributed by atoms with E-state index in [9.17, 15) is 5.11 Å². The van der Waals surface area contributed by atoms with Crippen LogP contribution in [0.4, 0.5) is 0 Å². The third-order valence-electron chi connectivity index (χ3n) is 2.13. The van der Waals surface area contributed by atoms with Gasteiger partial charge >= 0.3 is 0 Å². The van der Waals surface area contributed by atoms with Gasteiger partial charge in [-0.2, -0.15) is 5.10 Å². The molecule has 0 bridgehead atoms. The number of aromatic hydroxyl groups is 1. The number of phenols is 1. The van der Waals surface area contributed by atoms with Crippen LogP contribution in [0.15, 0.2) is 29.4 Å². The van der Waals surface area contributed by atoms with Crippen LogP contribution >= 0.6 is 0 Å². The molecule has 0 spiro atoms. The summed E-state index contributed by atoms with van der Waals surface area (Å²) < 4.78 is 0. The molecule has 0 fully saturated rings. The molecular weight excluding hydrogens is 164 g/mol. The molecule has 3 heteroatoms. The summed E-state index contributed by atoms with van der Waals surface area (Å²) in [6.07, 6.45) is 2.01. The minimum atomic E-state index is 0.310. The molecule has 0 aliphatic carbocycles. The van der Waals surface area contributed by atoms with Gasteiger partial charge in [-0.3, -0.25) is 0 Å². The standard InChI is InChI=1S/C10H12N2O/c13-10-6-2-1-4-8(10)9-5-3-7-11-12-9/h1-2,4,6,11,13H,3,5,7H2. The lowest BCUT2D eigenvalue weighted by atomic mass is 10.0. The van der Waals surface area contributed by atoms with E-state index in [1.54, 1.807) is 6.07 Å². The topological polar surface area (TPSA) is 44.6 Å². The van der Waals surface area contributed by atoms with E-state index in [1.165, 1.54) is 0 Å². The van der Waals surface area contributed by atoms with Crippen molar-refractivity contribution < 1.29 is 5.11 Å². The first-order chi connectivity index (χ1) is 6.38. The van der Waals surface area contributed by atoms with Crippen molar-refractivity contribution in [2.45, 2.75) is 12.8 Å². The molecule has 0 saturated carbocycles. The van der Waals surface area contributed by atoms with Crippen molar-refractivity contribution in [1.29, 1.82) is 0 Å². The maximum Gasteiger partial charge on any atom is 0.124 e. The van der Waals surface area contributed by atoms with Crippen molar-refractivity contribution in [3.05, 3.63) is 29.8 Å². The lowest BCUT2D eigenvalue weighted by molar-refractivity contribution is 0.473. The lowest BCUT2D eigenvalue weighted by Gasteiger charge is -2.13. The first-order valence-corrected chi connectivity index (χ1v) is 4.46. The summed E-state index contributed by atoms with van der Waals surface area (Å²) in [6.45, 7) is 0.928. The zero-order chi connectivity index (χ0) is 9.10. The largest absolute Gasteiger partial charge is 0.507 e. The van der Waals surface area contributed by atoms with Gasteiger partial charge in [-0.15, -0.1) is 0 Å². The van der Waals surface area contributed by atoms with Crippen molar-refractivity contribution >= 4 is 5.71 Å². The van der Waals surface area contributed by atoms with Crippen molar-refractivity contribution in [2.24, 2.45) is 5.10 Å². The number of hydrogen-bond acceptors (Lipinski definition) is 3. The second kappa shape index (κ2) is 3.47. The van der Waals surface area contributed by atoms with Crippen LogP contribution in [0.25, 0.3) is 0 Å². The molecule has 3 nitrogen and oxygen atoms in total. The summed E-state index contributed by atoms with van der Waals surface area (Å²) in [6, 6.07) is 7.30. The Morgan fingerprint density at radius 1 is 1.31 bits per heavy atom. The first-order valence-electron chi connectivity index (χ1n) is 4.46. The molecule has 0 saturated heterocycles. The predicted octanol–water partition coefficient (Wildman–Crippen LogP) is 1.48. The fourth-order valence-electron chi connectivity index (χ4n) is 1.45. The molecule has 13 heavy (non-hydrogen) atoms. The normalized spacial score (nSPS) is 16.2. The maximum atomic E-state index is 9.55. The van der Waals surface area contributed by atoms with Gasteiger partial charge in [0.1, 0.15) is 5.75 Å². The van der Waals surface area contributed by atoms with Crippen LogP contribution in [0.2, 0.25) is 0 Å². The Labute approximate surface area is 77.1 Å². The van der Waals surface area contributed by atoms with Gasteiger partial charge in [0.25, 0.3) is 0 Å². The average Bonchev–Trinajstić information content (AvgIpc) is 2.20. The lowest BCUT2D eigenvalue weighted by Crippen LogP contribution is -2.19. The van der Waals surface area contributed by atoms with Crippen LogP contribution in [0, 0.1) is 0 Å². The highest BCUT2D eigenvalue weighted by molar-refractivity contribution is 6.02. The molecule has 68 valence electrons. The zero-order valence-corrected chi connectivity index (χ0v) is 7.33. The molecule has 0 unspecified atom stereocenters. The van der Waals surface area contributed by atoms with Gasteiger partial charge in [-0.05, 0) is 25.0 Å². The summed E-state index contributed by atoms with van der Waals surface area (Å²) in [4.78, 5) is 0. The van der Waals surface area contributed by atoms with Crippen LogP contribution in [0.5, 0.6) is 5.75 Å². The molecular formula is C10H12N2O. The minimum Gasteiger partial charge on any atom is -0.507 e. The van der Waals surface area contributed by atoms with Gasteiger partial charge in [0.15, 0.2) is 0 Å². The smallest absolute Gasteiger partial charge is 0.124 e. The Morgan fingerprint density at radius 3 is 2.85 bits per heavy atom. The van der Waals surface area contributed by atoms with Crippen LogP contribution in [-0.2, 0) is 0 Å². The summed E-state index contributed by atoms with van der Waals surface area (Å²) in [5, 5.41) is 13.7. The van der Waals surface area contributed by atoms with Gasteiger partial charge in [0.05, 0.1) is 5.71 Å². The molecule has 2 rings (SSSR count). The SMILES string of the molecule is Oc1ccccc1C1=NNCCC1. The van der Waals surface area contributed by atoms with Crippen molar-refractivity contribution in [3.63, 3.8) is 0 Å². The Morgan fingerprint density at radius 2 is 2.15 bits per heavy atom. The molecule has 0 radical (unpaired) electrons. The Bertz CT molecular complexity index is 333. The summed E-state index contributed by atoms with van der Waals surface area (Å²) in [7, 11) is 0. The Hall–Kier alpha value is -1.51. The monoisotopic (exact) mass is 176 g/mol. The highest BCUT2D eigenvalue weighted by Crippen LogP contribution is 2.19. The Kier molecular flexibility index (Phi) is 2.17. The van der Waals surface area contributed by atoms with Crippen molar-refractivity contribution in [2.75, 3.05) is 6.54 Å². The second-order valence-electron chi connectivity index (χ2n) is 3.09. The van der Waals surface area contributed by atoms with Crippen LogP contribution in [0.1, 0.15) is 18.4 Å². The van der Waals surface area contributed by atoms with Crippen molar-refractivity contribution in [1.82, 2.24) is 5.43 Å². The highest BCUT2D eigenvalue weighted by Gasteiger charge is 2.10. The van der Waals surface area contributed by atoms with E-state index in [2.05, 4.69) is 10.5 Å². The van der Waals surface area contributed by atoms with Gasteiger partial charge in [0.2, 0.25) is 0 Å². The van der Waals surface area contributed by atoms with E-state index in [1.807, 2.05) is 18.2 Å². The number of rotatable bonds is 1. The number of nitrogens with one attached hydrogen (secondary N) is 1. The molecule has 1 aliphatic heterocycles. The molecule has 2 N–H and O–H groups in total. The van der Waals surface area contributed by atoms with Crippen LogP contribution < -0.4 is 5.43 Å². The van der Waals surface area contributed by atoms with E-state index in [-0.39, 0.29) is 0 Å². The molecule has 1 aromatic rings. The van der Waals surface area contributed by atoms with E-state index < -0.39 is 0 Å². The second-order valence-corrected chi connectivity index (χ2v) is 3.09. The van der Waals surface area contributed by atoms with Crippen LogP contribution in [-0.4, -0.2) is 17.4 Å². The third-order valence-corrected chi connectivity index (χ3v) is 2.13. The summed E-state index contributed by atoms with van der Waals surface area (Å²) in [5.74, 6) is 0.310. The molecule has 0 aromatic heterocycles. The first kappa shape index (κ1) is 8.10. The molecule has 1 aromatic carbocycles. The van der Waals surface area contributed by atoms with Gasteiger partial charge in [0, 0.05) is 12.1 Å². The minimum absolute atomic E-state index is 0.310. The van der Waals surface area contributed by atoms with Crippen LogP contribution in [0.3, 0.4) is 0 Å². The van der Waals surface area contributed by atoms with Gasteiger partial charge in [-0.1, -0.05) is 12.1 Å². The number of benzene rings is 1. The van der Waals surface area contributed by atoms with E-state index >= 15 is 0 Å². The van der Waals surface area contributed by atoms with Gasteiger partial charge in [-0.25, -0.2) is 0 Å². The molecule has 1 heterocycles. The quantitative estimate of drug-likeness (QED) is 0.680. The van der Waals surface area contributed by atoms with E-state index in [0.717, 1.165) is 30.7 Å². The van der Waals surface area contributed by atoms with Gasteiger partial charge < -0.3 is 10.5 Å². The third kappa shape index (κ3) is 1.64. The van der Waals surface area contributed by atoms with E-state index in [0.29, 0.717) is 5.75 Å². The fraction of sp³-hybridized carbons (Fsp3) is 0.300. The molecule has 0 amide bonds. The Balaban J connectivity index is 2.34. The number of para-hydroxylation sites is 1. The number of phenolic OH excluding ortho intramolecular Hbond substituents is 1. The maximum absolute atomic E-state index is 9.55. The van der Waals surface area contributed by atoms with E-state index in [4.69, 9.17) is 0 Å². The predicted molar refractivity (Wildman–Crippen MR) is 51.9 cm³/mol. The zero-order valence-electron chi connectivity index (χ0n) is 7.33. The summed E-state index contributed by atoms with van der Waals surface area (Å²) in [5.41, 5.74) is 4.73. The number of nitrogens with zero attached hydrogens (tertiary/aromatic N) is 1. The number of hydrazone groups is 1. The fourth-order valence-corrected chi connectivity index (χ4v) is 1.45. The summed E-state index contributed by atoms with van der Waals surface area (Å²) >= 11 is 0. The van der Waals surface area contributed by atoms with Crippen molar-refractivity contribution in [3.8, 4) is 5.75 Å². The number of hydrogen-bond donors (Lipinski definition) is 2. The highest BCUT2D eigenvalue weighted by atomic mass is 16.3. The molecule has 0 atom stereocenters. The average molecular weight is 176 g/mol.